The lowest BCUT2D eigenvalue weighted by Gasteiger charge is -2.08. The number of imide groups is 1. The van der Waals surface area contributed by atoms with Gasteiger partial charge >= 0.3 is 6.03 Å². The number of nitrogens with one attached hydrogen (secondary N) is 3. The highest BCUT2D eigenvalue weighted by atomic mass is 32.2. The molecule has 7 nitrogen and oxygen atoms in total. The zero-order valence-corrected chi connectivity index (χ0v) is 16.0. The Morgan fingerprint density at radius 2 is 1.82 bits per heavy atom. The molecule has 1 heterocycles. The lowest BCUT2D eigenvalue weighted by Crippen LogP contribution is -2.24. The predicted molar refractivity (Wildman–Crippen MR) is 109 cm³/mol. The lowest BCUT2D eigenvalue weighted by molar-refractivity contribution is -0.115. The predicted octanol–water partition coefficient (Wildman–Crippen LogP) is 3.38. The number of amides is 4. The zero-order chi connectivity index (χ0) is 19.9. The molecule has 0 aromatic heterocycles. The Morgan fingerprint density at radius 3 is 2.43 bits per heavy atom. The Kier molecular flexibility index (Phi) is 6.33. The molecule has 2 aromatic rings. The maximum absolute atomic E-state index is 11.6. The summed E-state index contributed by atoms with van der Waals surface area (Å²) in [5.41, 5.74) is 2.64. The highest BCUT2D eigenvalue weighted by Crippen LogP contribution is 2.26. The molecule has 1 aliphatic rings. The third kappa shape index (κ3) is 5.37. The fourth-order valence-corrected chi connectivity index (χ4v) is 3.15. The van der Waals surface area contributed by atoms with Gasteiger partial charge in [-0.2, -0.15) is 0 Å². The molecular weight excluding hydrogens is 378 g/mol. The van der Waals surface area contributed by atoms with Gasteiger partial charge in [-0.1, -0.05) is 24.3 Å². The van der Waals surface area contributed by atoms with Crippen LogP contribution in [0.1, 0.15) is 11.1 Å². The summed E-state index contributed by atoms with van der Waals surface area (Å²) < 4.78 is 5.75. The summed E-state index contributed by atoms with van der Waals surface area (Å²) in [4.78, 5) is 34.4. The minimum Gasteiger partial charge on any atom is -0.493 e. The van der Waals surface area contributed by atoms with E-state index in [1.54, 1.807) is 13.1 Å². The molecule has 3 rings (SSSR count). The van der Waals surface area contributed by atoms with E-state index in [-0.39, 0.29) is 17.2 Å². The van der Waals surface area contributed by atoms with Gasteiger partial charge in [0.1, 0.15) is 5.75 Å². The number of hydrogen-bond acceptors (Lipinski definition) is 5. The largest absolute Gasteiger partial charge is 0.493 e. The molecule has 0 radical (unpaired) electrons. The van der Waals surface area contributed by atoms with E-state index < -0.39 is 0 Å². The van der Waals surface area contributed by atoms with Crippen LogP contribution in [-0.4, -0.2) is 30.8 Å². The van der Waals surface area contributed by atoms with Gasteiger partial charge in [0.25, 0.3) is 11.1 Å². The van der Waals surface area contributed by atoms with E-state index in [0.717, 1.165) is 40.7 Å². The van der Waals surface area contributed by atoms with Gasteiger partial charge in [-0.25, -0.2) is 4.79 Å². The number of benzene rings is 2. The van der Waals surface area contributed by atoms with Crippen molar-refractivity contribution in [3.8, 4) is 5.75 Å². The summed E-state index contributed by atoms with van der Waals surface area (Å²) in [5, 5.41) is 7.08. The normalized spacial score (nSPS) is 14.7. The Morgan fingerprint density at radius 1 is 1.11 bits per heavy atom. The van der Waals surface area contributed by atoms with Crippen molar-refractivity contribution in [3.63, 3.8) is 0 Å². The number of rotatable bonds is 6. The smallest absolute Gasteiger partial charge is 0.318 e. The molecule has 1 fully saturated rings. The summed E-state index contributed by atoms with van der Waals surface area (Å²) in [5.74, 6) is 0.353. The van der Waals surface area contributed by atoms with E-state index in [1.807, 2.05) is 48.5 Å². The summed E-state index contributed by atoms with van der Waals surface area (Å²) in [6, 6.07) is 14.6. The van der Waals surface area contributed by atoms with Crippen LogP contribution in [0.4, 0.5) is 15.3 Å². The highest BCUT2D eigenvalue weighted by Gasteiger charge is 2.24. The second-order valence-electron chi connectivity index (χ2n) is 5.92. The van der Waals surface area contributed by atoms with Crippen molar-refractivity contribution in [1.29, 1.82) is 0 Å². The zero-order valence-electron chi connectivity index (χ0n) is 15.2. The number of urea groups is 1. The Balaban J connectivity index is 1.49. The number of carbonyl (C=O) groups excluding carboxylic acids is 3. The second-order valence-corrected chi connectivity index (χ2v) is 6.94. The van der Waals surface area contributed by atoms with Crippen molar-refractivity contribution >= 4 is 40.7 Å². The van der Waals surface area contributed by atoms with Gasteiger partial charge < -0.3 is 15.4 Å². The van der Waals surface area contributed by atoms with Crippen LogP contribution in [0, 0.1) is 0 Å². The maximum Gasteiger partial charge on any atom is 0.318 e. The molecule has 144 valence electrons. The Hall–Kier alpha value is -3.26. The van der Waals surface area contributed by atoms with Crippen LogP contribution in [0.15, 0.2) is 53.4 Å². The van der Waals surface area contributed by atoms with Crippen molar-refractivity contribution in [1.82, 2.24) is 10.6 Å². The SMILES string of the molecule is CNC(=O)Nc1ccc(CCOc2ccc(C=C3SC(=O)NC3=O)cc2)cc1. The summed E-state index contributed by atoms with van der Waals surface area (Å²) in [6.07, 6.45) is 2.40. The molecule has 4 amide bonds. The Bertz CT molecular complexity index is 908. The Labute approximate surface area is 166 Å². The van der Waals surface area contributed by atoms with Crippen molar-refractivity contribution < 1.29 is 19.1 Å². The quantitative estimate of drug-likeness (QED) is 0.650. The van der Waals surface area contributed by atoms with Crippen LogP contribution >= 0.6 is 11.8 Å². The molecule has 1 saturated heterocycles. The van der Waals surface area contributed by atoms with Crippen molar-refractivity contribution in [2.24, 2.45) is 0 Å². The van der Waals surface area contributed by atoms with E-state index in [4.69, 9.17) is 4.74 Å². The molecule has 0 spiro atoms. The van der Waals surface area contributed by atoms with Crippen LogP contribution in [0.2, 0.25) is 0 Å². The van der Waals surface area contributed by atoms with Crippen LogP contribution in [0.5, 0.6) is 5.75 Å². The topological polar surface area (TPSA) is 96.5 Å². The van der Waals surface area contributed by atoms with Crippen molar-refractivity contribution in [2.45, 2.75) is 6.42 Å². The number of thioether (sulfide) groups is 1. The van der Waals surface area contributed by atoms with Gasteiger partial charge in [-0.05, 0) is 53.2 Å². The maximum atomic E-state index is 11.6. The molecule has 0 saturated carbocycles. The number of carbonyl (C=O) groups is 3. The molecule has 28 heavy (non-hydrogen) atoms. The molecule has 0 aliphatic carbocycles. The molecule has 0 atom stereocenters. The minimum absolute atomic E-state index is 0.256. The van der Waals surface area contributed by atoms with Crippen LogP contribution in [0.25, 0.3) is 6.08 Å². The molecule has 0 bridgehead atoms. The molecule has 8 heteroatoms. The molecule has 1 aliphatic heterocycles. The number of anilines is 1. The van der Waals surface area contributed by atoms with Gasteiger partial charge in [0.2, 0.25) is 0 Å². The van der Waals surface area contributed by atoms with Crippen LogP contribution in [-0.2, 0) is 11.2 Å². The third-order valence-electron chi connectivity index (χ3n) is 3.92. The third-order valence-corrected chi connectivity index (χ3v) is 4.73. The van der Waals surface area contributed by atoms with E-state index in [1.165, 1.54) is 0 Å². The first kappa shape index (κ1) is 19.5. The first-order valence-corrected chi connectivity index (χ1v) is 9.40. The van der Waals surface area contributed by atoms with Gasteiger partial charge in [-0.15, -0.1) is 0 Å². The first-order chi connectivity index (χ1) is 13.5. The second kappa shape index (κ2) is 9.09. The van der Waals surface area contributed by atoms with Crippen molar-refractivity contribution in [3.05, 3.63) is 64.6 Å². The standard InChI is InChI=1S/C20H19N3O4S/c1-21-19(25)22-15-6-2-13(3-7-15)10-11-27-16-8-4-14(5-9-16)12-17-18(24)23-20(26)28-17/h2-9,12H,10-11H2,1H3,(H2,21,22,25)(H,23,24,26). The number of hydrogen-bond donors (Lipinski definition) is 3. The molecule has 3 N–H and O–H groups in total. The summed E-state index contributed by atoms with van der Waals surface area (Å²) >= 11 is 0.893. The number of ether oxygens (including phenoxy) is 1. The summed E-state index contributed by atoms with van der Waals surface area (Å²) in [7, 11) is 1.57. The van der Waals surface area contributed by atoms with Gasteiger partial charge in [-0.3, -0.25) is 14.9 Å². The minimum atomic E-state index is -0.369. The van der Waals surface area contributed by atoms with Gasteiger partial charge in [0.15, 0.2) is 0 Å². The summed E-state index contributed by atoms with van der Waals surface area (Å²) in [6.45, 7) is 0.509. The molecule has 0 unspecified atom stereocenters. The van der Waals surface area contributed by atoms with Gasteiger partial charge in [0.05, 0.1) is 11.5 Å². The average molecular weight is 397 g/mol. The van der Waals surface area contributed by atoms with E-state index >= 15 is 0 Å². The van der Waals surface area contributed by atoms with Gasteiger partial charge in [0, 0.05) is 19.2 Å². The molecule has 2 aromatic carbocycles. The molecular formula is C20H19N3O4S. The van der Waals surface area contributed by atoms with E-state index in [0.29, 0.717) is 11.5 Å². The monoisotopic (exact) mass is 397 g/mol. The van der Waals surface area contributed by atoms with Crippen molar-refractivity contribution in [2.75, 3.05) is 19.0 Å². The average Bonchev–Trinajstić information content (AvgIpc) is 3.01. The van der Waals surface area contributed by atoms with E-state index in [9.17, 15) is 14.4 Å². The van der Waals surface area contributed by atoms with Crippen LogP contribution < -0.4 is 20.7 Å². The first-order valence-electron chi connectivity index (χ1n) is 8.59. The van der Waals surface area contributed by atoms with E-state index in [2.05, 4.69) is 16.0 Å². The van der Waals surface area contributed by atoms with Crippen LogP contribution in [0.3, 0.4) is 0 Å². The fraction of sp³-hybridized carbons (Fsp3) is 0.150. The highest BCUT2D eigenvalue weighted by molar-refractivity contribution is 8.18. The lowest BCUT2D eigenvalue weighted by atomic mass is 10.1. The fourth-order valence-electron chi connectivity index (χ4n) is 2.47.